The minimum atomic E-state index is 0.232. The predicted molar refractivity (Wildman–Crippen MR) is 117 cm³/mol. The van der Waals surface area contributed by atoms with Crippen LogP contribution in [-0.2, 0) is 4.74 Å². The number of nitrogens with two attached hydrogens (primary N) is 1. The molecule has 29 heavy (non-hydrogen) atoms. The third kappa shape index (κ3) is 4.29. The van der Waals surface area contributed by atoms with E-state index in [-0.39, 0.29) is 5.75 Å². The van der Waals surface area contributed by atoms with Gasteiger partial charge in [0.1, 0.15) is 23.9 Å². The summed E-state index contributed by atoms with van der Waals surface area (Å²) in [7, 11) is 0. The van der Waals surface area contributed by atoms with E-state index in [1.807, 2.05) is 30.3 Å². The van der Waals surface area contributed by atoms with Crippen LogP contribution >= 0.6 is 0 Å². The van der Waals surface area contributed by atoms with Crippen molar-refractivity contribution in [3.63, 3.8) is 0 Å². The molecule has 2 aliphatic rings. The van der Waals surface area contributed by atoms with Crippen molar-refractivity contribution in [2.45, 2.75) is 25.7 Å². The highest BCUT2D eigenvalue weighted by atomic mass is 16.5. The molecule has 4 N–H and O–H groups in total. The molecule has 1 saturated carbocycles. The summed E-state index contributed by atoms with van der Waals surface area (Å²) in [5.74, 6) is 2.48. The molecule has 5 nitrogen and oxygen atoms in total. The van der Waals surface area contributed by atoms with E-state index in [0.29, 0.717) is 12.5 Å². The van der Waals surface area contributed by atoms with Gasteiger partial charge in [-0.3, -0.25) is 0 Å². The third-order valence-corrected chi connectivity index (χ3v) is 5.60. The van der Waals surface area contributed by atoms with Crippen molar-refractivity contribution in [3.8, 4) is 5.75 Å². The van der Waals surface area contributed by atoms with E-state index in [0.717, 1.165) is 40.4 Å². The van der Waals surface area contributed by atoms with Crippen molar-refractivity contribution in [2.75, 3.05) is 13.2 Å². The Morgan fingerprint density at radius 2 is 1.79 bits per heavy atom. The van der Waals surface area contributed by atoms with Crippen molar-refractivity contribution in [3.05, 3.63) is 77.1 Å². The number of aliphatic imine (C=N–C) groups is 1. The Balaban J connectivity index is 1.77. The smallest absolute Gasteiger partial charge is 0.135 e. The van der Waals surface area contributed by atoms with Gasteiger partial charge in [-0.25, -0.2) is 4.99 Å². The Kier molecular flexibility index (Phi) is 5.84. The van der Waals surface area contributed by atoms with E-state index in [1.54, 1.807) is 12.1 Å². The number of nitrogens with one attached hydrogen (secondary N) is 1. The molecule has 4 rings (SSSR count). The van der Waals surface area contributed by atoms with Gasteiger partial charge in [-0.2, -0.15) is 0 Å². The molecule has 0 spiro atoms. The van der Waals surface area contributed by atoms with Gasteiger partial charge >= 0.3 is 0 Å². The van der Waals surface area contributed by atoms with Gasteiger partial charge < -0.3 is 20.9 Å². The average molecular weight is 389 g/mol. The number of rotatable bonds is 6. The maximum atomic E-state index is 9.66. The van der Waals surface area contributed by atoms with Crippen LogP contribution < -0.4 is 11.1 Å². The quantitative estimate of drug-likeness (QED) is 0.509. The summed E-state index contributed by atoms with van der Waals surface area (Å²) in [4.78, 5) is 4.45. The molecule has 0 unspecified atom stereocenters. The second-order valence-corrected chi connectivity index (χ2v) is 7.54. The van der Waals surface area contributed by atoms with Crippen LogP contribution in [0.1, 0.15) is 36.8 Å². The SMILES string of the molecule is N/C=N\C(NCC1CCCC1)=C1/COC(c2ccc(O)cc2)=C1c1ccccc1. The largest absolute Gasteiger partial charge is 0.508 e. The first kappa shape index (κ1) is 19.1. The lowest BCUT2D eigenvalue weighted by Crippen LogP contribution is -2.22. The first-order valence-corrected chi connectivity index (χ1v) is 10.2. The average Bonchev–Trinajstić information content (AvgIpc) is 3.42. The molecule has 1 fully saturated rings. The van der Waals surface area contributed by atoms with E-state index < -0.39 is 0 Å². The fraction of sp³-hybridized carbons (Fsp3) is 0.292. The third-order valence-electron chi connectivity index (χ3n) is 5.60. The zero-order valence-corrected chi connectivity index (χ0v) is 16.5. The lowest BCUT2D eigenvalue weighted by Gasteiger charge is -2.15. The molecule has 1 aliphatic carbocycles. The zero-order chi connectivity index (χ0) is 20.1. The minimum absolute atomic E-state index is 0.232. The first-order valence-electron chi connectivity index (χ1n) is 10.2. The van der Waals surface area contributed by atoms with Crippen LogP contribution in [0.5, 0.6) is 5.75 Å². The number of nitrogens with zero attached hydrogens (tertiary/aromatic N) is 1. The number of hydrogen-bond acceptors (Lipinski definition) is 4. The summed E-state index contributed by atoms with van der Waals surface area (Å²) in [5, 5.41) is 13.2. The second-order valence-electron chi connectivity index (χ2n) is 7.54. The highest BCUT2D eigenvalue weighted by Crippen LogP contribution is 2.40. The van der Waals surface area contributed by atoms with Gasteiger partial charge in [-0.15, -0.1) is 0 Å². The topological polar surface area (TPSA) is 79.9 Å². The molecule has 5 heteroatoms. The highest BCUT2D eigenvalue weighted by molar-refractivity contribution is 5.98. The number of hydrogen-bond donors (Lipinski definition) is 3. The lowest BCUT2D eigenvalue weighted by molar-refractivity contribution is 0.328. The van der Waals surface area contributed by atoms with Crippen molar-refractivity contribution >= 4 is 17.7 Å². The number of phenols is 1. The molecule has 1 aliphatic heterocycles. The molecular weight excluding hydrogens is 362 g/mol. The minimum Gasteiger partial charge on any atom is -0.508 e. The van der Waals surface area contributed by atoms with Crippen molar-refractivity contribution in [1.29, 1.82) is 0 Å². The normalized spacial score (nSPS) is 19.0. The maximum absolute atomic E-state index is 9.66. The molecule has 0 amide bonds. The first-order chi connectivity index (χ1) is 14.3. The second kappa shape index (κ2) is 8.86. The molecule has 1 heterocycles. The highest BCUT2D eigenvalue weighted by Gasteiger charge is 2.27. The van der Waals surface area contributed by atoms with Gasteiger partial charge in [-0.1, -0.05) is 43.2 Å². The van der Waals surface area contributed by atoms with Crippen molar-refractivity contribution in [1.82, 2.24) is 5.32 Å². The van der Waals surface area contributed by atoms with Gasteiger partial charge in [0.2, 0.25) is 0 Å². The molecule has 150 valence electrons. The van der Waals surface area contributed by atoms with Crippen LogP contribution in [0.4, 0.5) is 0 Å². The van der Waals surface area contributed by atoms with E-state index in [2.05, 4.69) is 22.4 Å². The number of aromatic hydroxyl groups is 1. The van der Waals surface area contributed by atoms with Gasteiger partial charge in [0.15, 0.2) is 0 Å². The monoisotopic (exact) mass is 389 g/mol. The lowest BCUT2D eigenvalue weighted by atomic mass is 9.96. The van der Waals surface area contributed by atoms with Gasteiger partial charge in [0, 0.05) is 23.3 Å². The molecule has 2 aromatic carbocycles. The molecule has 0 aromatic heterocycles. The zero-order valence-electron chi connectivity index (χ0n) is 16.5. The van der Waals surface area contributed by atoms with Crippen LogP contribution in [-0.4, -0.2) is 24.6 Å². The van der Waals surface area contributed by atoms with Crippen LogP contribution in [0.2, 0.25) is 0 Å². The van der Waals surface area contributed by atoms with E-state index in [9.17, 15) is 5.11 Å². The standard InChI is InChI=1S/C24H27N3O2/c25-16-27-24(26-14-17-6-4-5-7-17)21-15-29-23(19-10-12-20(28)13-11-19)22(21)18-8-2-1-3-9-18/h1-3,8-13,16-17,26,28H,4-7,14-15H2,(H2,25,27)/b24-21+. The van der Waals surface area contributed by atoms with E-state index in [1.165, 1.54) is 32.0 Å². The van der Waals surface area contributed by atoms with Crippen LogP contribution in [0.3, 0.4) is 0 Å². The van der Waals surface area contributed by atoms with Crippen molar-refractivity contribution < 1.29 is 9.84 Å². The Morgan fingerprint density at radius 3 is 2.48 bits per heavy atom. The summed E-state index contributed by atoms with van der Waals surface area (Å²) in [6.07, 6.45) is 6.48. The Morgan fingerprint density at radius 1 is 1.07 bits per heavy atom. The number of phenolic OH excluding ortho intramolecular Hbond substituents is 1. The Labute approximate surface area is 171 Å². The number of benzene rings is 2. The molecule has 0 bridgehead atoms. The summed E-state index contributed by atoms with van der Waals surface area (Å²) < 4.78 is 6.14. The predicted octanol–water partition coefficient (Wildman–Crippen LogP) is 4.27. The van der Waals surface area contributed by atoms with Crippen LogP contribution in [0, 0.1) is 5.92 Å². The Bertz CT molecular complexity index is 924. The summed E-state index contributed by atoms with van der Waals surface area (Å²) in [6.45, 7) is 1.32. The Hall–Kier alpha value is -3.21. The fourth-order valence-corrected chi connectivity index (χ4v) is 4.12. The molecule has 0 atom stereocenters. The van der Waals surface area contributed by atoms with Gasteiger partial charge in [-0.05, 0) is 48.6 Å². The van der Waals surface area contributed by atoms with E-state index in [4.69, 9.17) is 10.5 Å². The van der Waals surface area contributed by atoms with Crippen LogP contribution in [0.15, 0.2) is 71.0 Å². The molecule has 0 saturated heterocycles. The number of ether oxygens (including phenoxy) is 1. The fourth-order valence-electron chi connectivity index (χ4n) is 4.12. The summed E-state index contributed by atoms with van der Waals surface area (Å²) in [5.41, 5.74) is 9.67. The van der Waals surface area contributed by atoms with Crippen LogP contribution in [0.25, 0.3) is 11.3 Å². The molecular formula is C24H27N3O2. The van der Waals surface area contributed by atoms with Gasteiger partial charge in [0.05, 0.1) is 6.34 Å². The van der Waals surface area contributed by atoms with Gasteiger partial charge in [0.25, 0.3) is 0 Å². The molecule has 2 aromatic rings. The summed E-state index contributed by atoms with van der Waals surface area (Å²) >= 11 is 0. The van der Waals surface area contributed by atoms with Crippen molar-refractivity contribution in [2.24, 2.45) is 16.6 Å². The van der Waals surface area contributed by atoms with E-state index >= 15 is 0 Å². The maximum Gasteiger partial charge on any atom is 0.135 e. The summed E-state index contributed by atoms with van der Waals surface area (Å²) in [6, 6.07) is 17.3. The molecule has 0 radical (unpaired) electrons.